The van der Waals surface area contributed by atoms with Gasteiger partial charge in [-0.05, 0) is 24.5 Å². The molecule has 1 saturated heterocycles. The van der Waals surface area contributed by atoms with Gasteiger partial charge in [-0.25, -0.2) is 18.0 Å². The molecule has 3 amide bonds. The molecule has 0 spiro atoms. The lowest BCUT2D eigenvalue weighted by atomic mass is 10.1. The number of nitrogens with zero attached hydrogens (tertiary/aromatic N) is 1. The highest BCUT2D eigenvalue weighted by Crippen LogP contribution is 2.16. The van der Waals surface area contributed by atoms with Crippen molar-refractivity contribution in [2.24, 2.45) is 5.92 Å². The Morgan fingerprint density at radius 1 is 1.21 bits per heavy atom. The normalized spacial score (nSPS) is 18.7. The van der Waals surface area contributed by atoms with Gasteiger partial charge in [0, 0.05) is 18.8 Å². The number of anilines is 1. The molecule has 0 saturated carbocycles. The number of esters is 1. The van der Waals surface area contributed by atoms with E-state index in [0.29, 0.717) is 12.1 Å². The van der Waals surface area contributed by atoms with Crippen LogP contribution < -0.4 is 10.6 Å². The lowest BCUT2D eigenvalue weighted by Gasteiger charge is -2.24. The number of likely N-dealkylation sites (N-methyl/N-ethyl adjacent to an activating group) is 1. The van der Waals surface area contributed by atoms with Crippen LogP contribution >= 0.6 is 0 Å². The maximum Gasteiger partial charge on any atom is 0.329 e. The minimum atomic E-state index is -3.13. The van der Waals surface area contributed by atoms with E-state index in [0.717, 1.165) is 0 Å². The fourth-order valence-corrected chi connectivity index (χ4v) is 4.71. The Bertz CT molecular complexity index is 841. The quantitative estimate of drug-likeness (QED) is 0.629. The Hall–Kier alpha value is -2.62. The van der Waals surface area contributed by atoms with Gasteiger partial charge in [0.2, 0.25) is 0 Å². The predicted octanol–water partition coefficient (Wildman–Crippen LogP) is 1.02. The van der Waals surface area contributed by atoms with E-state index in [2.05, 4.69) is 10.6 Å². The summed E-state index contributed by atoms with van der Waals surface area (Å²) >= 11 is 0. The van der Waals surface area contributed by atoms with E-state index in [9.17, 15) is 22.8 Å². The van der Waals surface area contributed by atoms with Crippen molar-refractivity contribution in [2.45, 2.75) is 32.4 Å². The average Bonchev–Trinajstić information content (AvgIpc) is 3.03. The topological polar surface area (TPSA) is 122 Å². The Kier molecular flexibility index (Phi) is 7.60. The second-order valence-corrected chi connectivity index (χ2v) is 9.58. The zero-order valence-corrected chi connectivity index (χ0v) is 17.6. The van der Waals surface area contributed by atoms with Crippen molar-refractivity contribution >= 4 is 33.4 Å². The largest absolute Gasteiger partial charge is 0.454 e. The molecule has 1 heterocycles. The Morgan fingerprint density at radius 3 is 2.41 bits per heavy atom. The number of amides is 3. The zero-order chi connectivity index (χ0) is 21.6. The van der Waals surface area contributed by atoms with Gasteiger partial charge in [0.1, 0.15) is 6.04 Å². The molecule has 9 nitrogen and oxygen atoms in total. The first-order valence-electron chi connectivity index (χ1n) is 9.34. The number of urea groups is 1. The maximum absolute atomic E-state index is 12.4. The standard InChI is InChI=1S/C19H27N3O6S/c1-13(2)17(21-19(25)20-14-7-5-4-6-8-14)18(24)28-11-16(23)22(3)15-9-10-29(26,27)12-15/h4-8,13,15,17H,9-12H2,1-3H3,(H2,20,21,25)/t15-,17+/m0/s1. The third-order valence-corrected chi connectivity index (χ3v) is 6.48. The number of rotatable bonds is 7. The van der Waals surface area contributed by atoms with Gasteiger partial charge < -0.3 is 20.3 Å². The van der Waals surface area contributed by atoms with E-state index in [4.69, 9.17) is 4.74 Å². The number of para-hydroxylation sites is 1. The van der Waals surface area contributed by atoms with Crippen LogP contribution in [0.3, 0.4) is 0 Å². The van der Waals surface area contributed by atoms with Crippen LogP contribution in [0, 0.1) is 5.92 Å². The van der Waals surface area contributed by atoms with Crippen LogP contribution in [-0.4, -0.2) is 68.5 Å². The summed E-state index contributed by atoms with van der Waals surface area (Å²) in [6, 6.07) is 6.84. The molecule has 1 aliphatic rings. The number of nitrogens with one attached hydrogen (secondary N) is 2. The summed E-state index contributed by atoms with van der Waals surface area (Å²) in [5.74, 6) is -1.53. The molecule has 1 aliphatic heterocycles. The van der Waals surface area contributed by atoms with Gasteiger partial charge in [-0.2, -0.15) is 0 Å². The van der Waals surface area contributed by atoms with Crippen molar-refractivity contribution in [3.8, 4) is 0 Å². The zero-order valence-electron chi connectivity index (χ0n) is 16.8. The van der Waals surface area contributed by atoms with Gasteiger partial charge in [0.15, 0.2) is 16.4 Å². The molecule has 0 aromatic heterocycles. The third kappa shape index (κ3) is 6.74. The summed E-state index contributed by atoms with van der Waals surface area (Å²) in [6.07, 6.45) is 0.369. The number of benzene rings is 1. The van der Waals surface area contributed by atoms with E-state index < -0.39 is 46.4 Å². The van der Waals surface area contributed by atoms with Crippen molar-refractivity contribution in [1.82, 2.24) is 10.2 Å². The fourth-order valence-electron chi connectivity index (χ4n) is 2.94. The van der Waals surface area contributed by atoms with E-state index in [-0.39, 0.29) is 17.4 Å². The molecule has 0 bridgehead atoms. The first-order chi connectivity index (χ1) is 13.6. The number of carbonyl (C=O) groups excluding carboxylic acids is 3. The molecule has 29 heavy (non-hydrogen) atoms. The van der Waals surface area contributed by atoms with Crippen molar-refractivity contribution in [1.29, 1.82) is 0 Å². The molecule has 1 aromatic rings. The molecule has 1 fully saturated rings. The van der Waals surface area contributed by atoms with Crippen LogP contribution in [0.2, 0.25) is 0 Å². The van der Waals surface area contributed by atoms with Crippen molar-refractivity contribution in [3.63, 3.8) is 0 Å². The average molecular weight is 426 g/mol. The van der Waals surface area contributed by atoms with E-state index >= 15 is 0 Å². The monoisotopic (exact) mass is 425 g/mol. The first kappa shape index (κ1) is 22.7. The molecule has 160 valence electrons. The molecule has 2 N–H and O–H groups in total. The summed E-state index contributed by atoms with van der Waals surface area (Å²) in [4.78, 5) is 38.1. The van der Waals surface area contributed by atoms with E-state index in [1.165, 1.54) is 11.9 Å². The molecule has 2 atom stereocenters. The number of sulfone groups is 1. The molecule has 2 rings (SSSR count). The van der Waals surface area contributed by atoms with Crippen LogP contribution in [0.1, 0.15) is 20.3 Å². The van der Waals surface area contributed by atoms with Crippen LogP contribution in [0.5, 0.6) is 0 Å². The molecular formula is C19H27N3O6S. The van der Waals surface area contributed by atoms with Crippen LogP contribution in [0.15, 0.2) is 30.3 Å². The summed E-state index contributed by atoms with van der Waals surface area (Å²) in [7, 11) is -1.63. The lowest BCUT2D eigenvalue weighted by molar-refractivity contribution is -0.154. The predicted molar refractivity (Wildman–Crippen MR) is 108 cm³/mol. The van der Waals surface area contributed by atoms with Gasteiger partial charge in [-0.1, -0.05) is 32.0 Å². The minimum Gasteiger partial charge on any atom is -0.454 e. The van der Waals surface area contributed by atoms with Crippen LogP contribution in [0.25, 0.3) is 0 Å². The second-order valence-electron chi connectivity index (χ2n) is 7.36. The lowest BCUT2D eigenvalue weighted by Crippen LogP contribution is -2.48. The van der Waals surface area contributed by atoms with Gasteiger partial charge in [0.25, 0.3) is 5.91 Å². The Labute approximate surface area is 170 Å². The summed E-state index contributed by atoms with van der Waals surface area (Å²) < 4.78 is 28.2. The summed E-state index contributed by atoms with van der Waals surface area (Å²) in [5.41, 5.74) is 0.573. The molecule has 1 aromatic carbocycles. The van der Waals surface area contributed by atoms with Gasteiger partial charge >= 0.3 is 12.0 Å². The first-order valence-corrected chi connectivity index (χ1v) is 11.2. The van der Waals surface area contributed by atoms with Gasteiger partial charge in [0.05, 0.1) is 11.5 Å². The molecular weight excluding hydrogens is 398 g/mol. The highest BCUT2D eigenvalue weighted by molar-refractivity contribution is 7.91. The van der Waals surface area contributed by atoms with Crippen molar-refractivity contribution < 1.29 is 27.5 Å². The van der Waals surface area contributed by atoms with E-state index in [1.54, 1.807) is 38.1 Å². The van der Waals surface area contributed by atoms with E-state index in [1.807, 2.05) is 6.07 Å². The third-order valence-electron chi connectivity index (χ3n) is 4.73. The van der Waals surface area contributed by atoms with Crippen molar-refractivity contribution in [2.75, 3.05) is 30.5 Å². The maximum atomic E-state index is 12.4. The molecule has 10 heteroatoms. The molecule has 0 unspecified atom stereocenters. The molecule has 0 radical (unpaired) electrons. The summed E-state index contributed by atoms with van der Waals surface area (Å²) in [5, 5.41) is 5.17. The highest BCUT2D eigenvalue weighted by atomic mass is 32.2. The van der Waals surface area contributed by atoms with Crippen LogP contribution in [-0.2, 0) is 24.2 Å². The second kappa shape index (κ2) is 9.73. The minimum absolute atomic E-state index is 0.0466. The fraction of sp³-hybridized carbons (Fsp3) is 0.526. The molecule has 0 aliphatic carbocycles. The number of hydrogen-bond acceptors (Lipinski definition) is 6. The van der Waals surface area contributed by atoms with Gasteiger partial charge in [-0.3, -0.25) is 4.79 Å². The number of hydrogen-bond donors (Lipinski definition) is 2. The smallest absolute Gasteiger partial charge is 0.329 e. The van der Waals surface area contributed by atoms with Crippen LogP contribution in [0.4, 0.5) is 10.5 Å². The van der Waals surface area contributed by atoms with Crippen molar-refractivity contribution in [3.05, 3.63) is 30.3 Å². The SMILES string of the molecule is CC(C)[C@@H](NC(=O)Nc1ccccc1)C(=O)OCC(=O)N(C)[C@H]1CCS(=O)(=O)C1. The van der Waals surface area contributed by atoms with Gasteiger partial charge in [-0.15, -0.1) is 0 Å². The number of ether oxygens (including phenoxy) is 1. The Morgan fingerprint density at radius 2 is 1.86 bits per heavy atom. The number of carbonyl (C=O) groups is 3. The summed E-state index contributed by atoms with van der Waals surface area (Å²) in [6.45, 7) is 2.97. The highest BCUT2D eigenvalue weighted by Gasteiger charge is 2.33. The Balaban J connectivity index is 1.87.